The van der Waals surface area contributed by atoms with Gasteiger partial charge in [-0.1, -0.05) is 603 Å². The summed E-state index contributed by atoms with van der Waals surface area (Å²) in [7, 11) is 0. The monoisotopic (exact) mass is 2020 g/mol. The molecule has 1 aliphatic heterocycles. The van der Waals surface area contributed by atoms with Crippen molar-refractivity contribution in [1.82, 2.24) is 0 Å². The molecule has 0 bridgehead atoms. The van der Waals surface area contributed by atoms with Gasteiger partial charge >= 0.3 is 42.0 Å². The van der Waals surface area contributed by atoms with Gasteiger partial charge in [-0.05, 0) is 38.5 Å². The van der Waals surface area contributed by atoms with E-state index in [4.69, 9.17) is 33.9 Å². The normalized spacial score (nSPS) is 12.0. The summed E-state index contributed by atoms with van der Waals surface area (Å²) in [4.78, 5) is 95.2. The number of carboxylic acid groups (broad SMARTS) is 1. The molecule has 0 spiro atoms. The summed E-state index contributed by atoms with van der Waals surface area (Å²) in [5, 5.41) is 26.4. The molecule has 0 aromatic carbocycles. The maximum Gasteiger partial charge on any atom is 0.508 e. The Hall–Kier alpha value is -4.32. The van der Waals surface area contributed by atoms with E-state index in [-0.39, 0.29) is 111 Å². The lowest BCUT2D eigenvalue weighted by Gasteiger charge is -2.17. The number of ether oxygens (including phenoxy) is 7. The first-order valence-corrected chi connectivity index (χ1v) is 60.8. The zero-order valence-electron chi connectivity index (χ0n) is 92.7. The van der Waals surface area contributed by atoms with Crippen LogP contribution in [0.15, 0.2) is 0 Å². The molecule has 1 atom stereocenters. The zero-order valence-corrected chi connectivity index (χ0v) is 92.7. The van der Waals surface area contributed by atoms with Crippen LogP contribution in [-0.2, 0) is 66.7 Å². The predicted octanol–water partition coefficient (Wildman–Crippen LogP) is 38.5. The maximum atomic E-state index is 12.7. The quantitative estimate of drug-likeness (QED) is 0.0221. The van der Waals surface area contributed by atoms with Crippen molar-refractivity contribution >= 4 is 47.8 Å². The first-order valence-electron chi connectivity index (χ1n) is 60.8. The molecule has 0 aliphatic carbocycles. The molecule has 0 radical (unpaired) electrons. The van der Waals surface area contributed by atoms with E-state index < -0.39 is 35.9 Å². The molecular formula is C124H244O18. The van der Waals surface area contributed by atoms with Crippen molar-refractivity contribution in [2.24, 2.45) is 11.8 Å². The van der Waals surface area contributed by atoms with Crippen molar-refractivity contribution in [3.63, 3.8) is 0 Å². The van der Waals surface area contributed by atoms with E-state index in [1.54, 1.807) is 0 Å². The molecule has 1 fully saturated rings. The van der Waals surface area contributed by atoms with Crippen LogP contribution >= 0.6 is 0 Å². The maximum absolute atomic E-state index is 12.7. The lowest BCUT2D eigenvalue weighted by atomic mass is 10.0. The first-order chi connectivity index (χ1) is 68.2. The number of Topliss-reactive ketones (excluding diaryl/α,β-unsaturated/α-hetero) is 1. The summed E-state index contributed by atoms with van der Waals surface area (Å²) in [6.07, 6.45) is 117. The van der Waals surface area contributed by atoms with Crippen LogP contribution in [0.1, 0.15) is 680 Å². The molecule has 3 N–H and O–H groups in total. The van der Waals surface area contributed by atoms with Crippen molar-refractivity contribution in [3.05, 3.63) is 0 Å². The Kier molecular flexibility index (Phi) is 135. The summed E-state index contributed by atoms with van der Waals surface area (Å²) in [5.74, 6) is -3.87. The molecule has 1 heterocycles. The zero-order chi connectivity index (χ0) is 102. The number of cyclic esters (lactones) is 2. The third-order valence-electron chi connectivity index (χ3n) is 27.6. The van der Waals surface area contributed by atoms with Crippen LogP contribution in [0.5, 0.6) is 0 Å². The number of aliphatic hydroxyl groups is 2. The second kappa shape index (κ2) is 129. The average Bonchev–Trinajstić information content (AvgIpc) is 1.82. The van der Waals surface area contributed by atoms with Gasteiger partial charge in [0, 0.05) is 38.5 Å². The van der Waals surface area contributed by atoms with Gasteiger partial charge in [0.2, 0.25) is 5.78 Å². The van der Waals surface area contributed by atoms with E-state index in [2.05, 4.69) is 51.0 Å². The van der Waals surface area contributed by atoms with Crippen LogP contribution < -0.4 is 0 Å². The summed E-state index contributed by atoms with van der Waals surface area (Å²) in [5.41, 5.74) is 0. The molecule has 0 aromatic heterocycles. The van der Waals surface area contributed by atoms with Gasteiger partial charge < -0.3 is 48.5 Å². The van der Waals surface area contributed by atoms with Crippen LogP contribution in [0.3, 0.4) is 0 Å². The molecule has 0 saturated carbocycles. The highest BCUT2D eigenvalue weighted by Crippen LogP contribution is 2.24. The van der Waals surface area contributed by atoms with E-state index >= 15 is 0 Å². The summed E-state index contributed by atoms with van der Waals surface area (Å²) in [6, 6.07) is 0. The number of ketones is 1. The smallest absolute Gasteiger partial charge is 0.481 e. The molecule has 18 heteroatoms. The van der Waals surface area contributed by atoms with Crippen LogP contribution in [-0.4, -0.2) is 122 Å². The number of aliphatic hydroxyl groups excluding tert-OH is 2. The van der Waals surface area contributed by atoms with Crippen LogP contribution in [0.2, 0.25) is 0 Å². The lowest BCUT2D eigenvalue weighted by molar-refractivity contribution is -0.159. The van der Waals surface area contributed by atoms with Gasteiger partial charge in [0.25, 0.3) is 0 Å². The fourth-order valence-electron chi connectivity index (χ4n) is 18.1. The summed E-state index contributed by atoms with van der Waals surface area (Å²) >= 11 is 0. The summed E-state index contributed by atoms with van der Waals surface area (Å²) < 4.78 is 36.0. The van der Waals surface area contributed by atoms with Crippen LogP contribution in [0.4, 0.5) is 4.79 Å². The van der Waals surface area contributed by atoms with E-state index in [1.807, 2.05) is 0 Å². The minimum Gasteiger partial charge on any atom is -0.481 e. The molecule has 0 amide bonds. The fourth-order valence-corrected chi connectivity index (χ4v) is 18.1. The van der Waals surface area contributed by atoms with E-state index in [1.165, 1.54) is 482 Å². The molecule has 848 valence electrons. The lowest BCUT2D eigenvalue weighted by Crippen LogP contribution is -2.28. The van der Waals surface area contributed by atoms with Crippen molar-refractivity contribution in [1.29, 1.82) is 0 Å². The number of esters is 5. The number of aliphatic carboxylic acids is 1. The Balaban J connectivity index is -0.000000518. The Labute approximate surface area is 880 Å². The van der Waals surface area contributed by atoms with Crippen LogP contribution in [0.25, 0.3) is 0 Å². The van der Waals surface area contributed by atoms with Gasteiger partial charge in [0.15, 0.2) is 6.10 Å². The van der Waals surface area contributed by atoms with Gasteiger partial charge in [-0.2, -0.15) is 0 Å². The Morgan fingerprint density at radius 2 is 0.401 bits per heavy atom. The van der Waals surface area contributed by atoms with Crippen molar-refractivity contribution in [3.8, 4) is 0 Å². The predicted molar refractivity (Wildman–Crippen MR) is 602 cm³/mol. The SMILES string of the molecule is C.C.C.CCCCCCCCCCCCCCCCCC(=O)O.CCCCCCCCCCCCCCCCCC(=O)OCC(CO)COC(=O)CCCCCCCCCCCCCCCCC.CCCCCCCCCCCCCCCCCC(=O)OCC(COC(=O)CCCCCCCCCCCCCCCCC)COC(=O)C(=O)CCCCCCCCCCCCCCCCC.O=C1OCC(CO)O1. The van der Waals surface area contributed by atoms with E-state index in [9.17, 15) is 43.5 Å². The standard InChI is InChI=1S/C59H112O7.C40H78O5.C18H36O2.C4H6O4.3CH4/c1-4-7-10-13-16-19-22-25-28-31-34-37-40-43-46-49-56(60)59(63)66-54-55(52-64-57(61)50-47-44-41-38-35-32-29-26-23-20-17-14-11-8-5-2)53-65-58(62)51-48-45-42-39-36-33-30-27-24-21-18-15-12-9-6-3;1-3-5-7-9-11-13-15-17-19-21-23-25-27-29-31-33-39(42)44-36-38(35-41)37-45-40(43)34-32-30-28-26-24-22-20-18-16-14-12-10-8-6-4-2;1-2-3-4-5-6-7-8-9-10-11-12-13-14-15-16-17-18(19)20;5-1-3-2-7-4(6)8-3;;;/h55H,4-54H2,1-3H3;38,41H,3-37H2,1-2H3;2-17H2,1H3,(H,19,20);3,5H,1-2H2;3*1H4. The Bertz CT molecular complexity index is 2430. The molecule has 0 aromatic rings. The van der Waals surface area contributed by atoms with Gasteiger partial charge in [-0.15, -0.1) is 0 Å². The molecule has 1 saturated heterocycles. The molecule has 142 heavy (non-hydrogen) atoms. The number of carbonyl (C=O) groups excluding carboxylic acids is 7. The Morgan fingerprint density at radius 3 is 0.556 bits per heavy atom. The fraction of sp³-hybridized carbons (Fsp3) is 0.935. The molecule has 18 nitrogen and oxygen atoms in total. The topological polar surface area (TPSA) is 262 Å². The third kappa shape index (κ3) is 126. The number of rotatable bonds is 109. The number of hydrogen-bond donors (Lipinski definition) is 3. The largest absolute Gasteiger partial charge is 0.508 e. The second-order valence-corrected chi connectivity index (χ2v) is 41.7. The Morgan fingerprint density at radius 1 is 0.239 bits per heavy atom. The molecule has 1 aliphatic rings. The van der Waals surface area contributed by atoms with Crippen molar-refractivity contribution in [2.75, 3.05) is 52.9 Å². The highest BCUT2D eigenvalue weighted by atomic mass is 16.8. The average molecular weight is 2020 g/mol. The number of carbonyl (C=O) groups is 8. The molecule has 1 unspecified atom stereocenters. The molecule has 1 rings (SSSR count). The highest BCUT2D eigenvalue weighted by molar-refractivity contribution is 6.33. The molecular weight excluding hydrogens is 1780 g/mol. The van der Waals surface area contributed by atoms with Crippen molar-refractivity contribution in [2.45, 2.75) is 686 Å². The van der Waals surface area contributed by atoms with Gasteiger partial charge in [-0.25, -0.2) is 9.59 Å². The van der Waals surface area contributed by atoms with Gasteiger partial charge in [0.1, 0.15) is 26.4 Å². The van der Waals surface area contributed by atoms with Crippen LogP contribution in [0, 0.1) is 11.8 Å². The van der Waals surface area contributed by atoms with Gasteiger partial charge in [-0.3, -0.25) is 28.8 Å². The first kappa shape index (κ1) is 148. The number of hydrogen-bond acceptors (Lipinski definition) is 17. The van der Waals surface area contributed by atoms with E-state index in [0.717, 1.165) is 89.9 Å². The minimum atomic E-state index is -0.848. The van der Waals surface area contributed by atoms with Crippen molar-refractivity contribution < 1.29 is 86.8 Å². The highest BCUT2D eigenvalue weighted by Gasteiger charge is 2.25. The second-order valence-electron chi connectivity index (χ2n) is 41.7. The summed E-state index contributed by atoms with van der Waals surface area (Å²) in [6.45, 7) is 13.6. The number of carboxylic acids is 1. The number of unbranched alkanes of at least 4 members (excludes halogenated alkanes) is 84. The van der Waals surface area contributed by atoms with E-state index in [0.29, 0.717) is 38.5 Å². The third-order valence-corrected chi connectivity index (χ3v) is 27.6. The van der Waals surface area contributed by atoms with Gasteiger partial charge in [0.05, 0.1) is 38.3 Å². The minimum absolute atomic E-state index is 0.